The van der Waals surface area contributed by atoms with Crippen molar-refractivity contribution < 1.29 is 17.9 Å². The summed E-state index contributed by atoms with van der Waals surface area (Å²) in [5.41, 5.74) is 3.41. The molecule has 0 bridgehead atoms. The number of para-hydroxylation sites is 1. The van der Waals surface area contributed by atoms with E-state index in [0.29, 0.717) is 12.1 Å². The van der Waals surface area contributed by atoms with Gasteiger partial charge in [0.05, 0.1) is 18.5 Å². The van der Waals surface area contributed by atoms with E-state index < -0.39 is 16.1 Å². The Labute approximate surface area is 193 Å². The van der Waals surface area contributed by atoms with E-state index in [1.54, 1.807) is 19.1 Å². The van der Waals surface area contributed by atoms with Crippen molar-refractivity contribution in [1.29, 1.82) is 0 Å². The zero-order valence-corrected chi connectivity index (χ0v) is 21.0. The van der Waals surface area contributed by atoms with E-state index in [9.17, 15) is 13.2 Å². The Hall–Kier alpha value is -2.54. The third-order valence-corrected chi connectivity index (χ3v) is 6.32. The van der Waals surface area contributed by atoms with E-state index in [1.807, 2.05) is 44.2 Å². The van der Waals surface area contributed by atoms with Gasteiger partial charge in [0.1, 0.15) is 18.4 Å². The van der Waals surface area contributed by atoms with Crippen LogP contribution in [-0.2, 0) is 20.2 Å². The van der Waals surface area contributed by atoms with Crippen molar-refractivity contribution in [2.45, 2.75) is 59.4 Å². The molecule has 7 heteroatoms. The number of hydrogen-bond donors (Lipinski definition) is 1. The second kappa shape index (κ2) is 10.4. The molecule has 32 heavy (non-hydrogen) atoms. The fourth-order valence-corrected chi connectivity index (χ4v) is 5.00. The normalized spacial score (nSPS) is 12.8. The zero-order valence-electron chi connectivity index (χ0n) is 20.2. The minimum absolute atomic E-state index is 0.0604. The SMILES string of the molecule is CCC(C(=O)NCCOc1ccccc1C(C)(C)C)N(c1cc(C)cc(C)c1)S(C)(=O)=O. The summed E-state index contributed by atoms with van der Waals surface area (Å²) in [5.74, 6) is 0.444. The summed E-state index contributed by atoms with van der Waals surface area (Å²) in [6.07, 6.45) is 1.48. The molecule has 0 aliphatic heterocycles. The molecule has 6 nitrogen and oxygen atoms in total. The third-order valence-electron chi connectivity index (χ3n) is 5.14. The Balaban J connectivity index is 2.12. The van der Waals surface area contributed by atoms with Crippen LogP contribution in [0.4, 0.5) is 5.69 Å². The Morgan fingerprint density at radius 1 is 1.09 bits per heavy atom. The fraction of sp³-hybridized carbons (Fsp3) is 0.480. The van der Waals surface area contributed by atoms with Crippen LogP contribution in [0.15, 0.2) is 42.5 Å². The standard InChI is InChI=1S/C25H36N2O4S/c1-8-22(27(32(7,29)30)20-16-18(2)15-19(3)17-20)24(28)26-13-14-31-23-12-10-9-11-21(23)25(4,5)6/h9-12,15-17,22H,8,13-14H2,1-7H3,(H,26,28). The number of carbonyl (C=O) groups is 1. The average Bonchev–Trinajstić information content (AvgIpc) is 2.66. The highest BCUT2D eigenvalue weighted by Gasteiger charge is 2.31. The van der Waals surface area contributed by atoms with Crippen molar-refractivity contribution in [2.24, 2.45) is 0 Å². The largest absolute Gasteiger partial charge is 0.491 e. The molecule has 0 aliphatic carbocycles. The van der Waals surface area contributed by atoms with Crippen LogP contribution in [0.5, 0.6) is 5.75 Å². The van der Waals surface area contributed by atoms with Gasteiger partial charge in [-0.25, -0.2) is 8.42 Å². The van der Waals surface area contributed by atoms with E-state index in [2.05, 4.69) is 26.1 Å². The summed E-state index contributed by atoms with van der Waals surface area (Å²) in [6, 6.07) is 12.6. The quantitative estimate of drug-likeness (QED) is 0.565. The predicted molar refractivity (Wildman–Crippen MR) is 131 cm³/mol. The number of hydrogen-bond acceptors (Lipinski definition) is 4. The van der Waals surface area contributed by atoms with Gasteiger partial charge in [-0.1, -0.05) is 52.0 Å². The Kier molecular flexibility index (Phi) is 8.35. The monoisotopic (exact) mass is 460 g/mol. The summed E-state index contributed by atoms with van der Waals surface area (Å²) in [6.45, 7) is 12.5. The first kappa shape index (κ1) is 25.7. The summed E-state index contributed by atoms with van der Waals surface area (Å²) in [5, 5.41) is 2.84. The topological polar surface area (TPSA) is 75.7 Å². The lowest BCUT2D eigenvalue weighted by molar-refractivity contribution is -0.122. The molecule has 1 N–H and O–H groups in total. The van der Waals surface area contributed by atoms with Gasteiger partial charge in [-0.05, 0) is 60.6 Å². The van der Waals surface area contributed by atoms with Crippen molar-refractivity contribution in [3.05, 3.63) is 59.2 Å². The molecule has 0 radical (unpaired) electrons. The Bertz CT molecular complexity index is 1020. The first-order chi connectivity index (χ1) is 14.8. The molecule has 0 aliphatic rings. The first-order valence-corrected chi connectivity index (χ1v) is 12.8. The van der Waals surface area contributed by atoms with Crippen LogP contribution >= 0.6 is 0 Å². The van der Waals surface area contributed by atoms with Crippen LogP contribution in [0.1, 0.15) is 50.8 Å². The number of benzene rings is 2. The van der Waals surface area contributed by atoms with E-state index in [4.69, 9.17) is 4.74 Å². The molecule has 2 aromatic carbocycles. The number of amides is 1. The van der Waals surface area contributed by atoms with Crippen LogP contribution in [0.3, 0.4) is 0 Å². The van der Waals surface area contributed by atoms with Crippen LogP contribution in [0, 0.1) is 13.8 Å². The van der Waals surface area contributed by atoms with Crippen molar-refractivity contribution in [1.82, 2.24) is 5.32 Å². The second-order valence-corrected chi connectivity index (χ2v) is 11.1. The fourth-order valence-electron chi connectivity index (χ4n) is 3.80. The first-order valence-electron chi connectivity index (χ1n) is 10.9. The molecule has 0 aromatic heterocycles. The molecule has 1 amide bonds. The van der Waals surface area contributed by atoms with Gasteiger partial charge in [-0.2, -0.15) is 0 Å². The number of sulfonamides is 1. The van der Waals surface area contributed by atoms with E-state index >= 15 is 0 Å². The Morgan fingerprint density at radius 3 is 2.22 bits per heavy atom. The highest BCUT2D eigenvalue weighted by atomic mass is 32.2. The van der Waals surface area contributed by atoms with E-state index in [-0.39, 0.29) is 24.5 Å². The van der Waals surface area contributed by atoms with Gasteiger partial charge in [-0.3, -0.25) is 9.10 Å². The molecular weight excluding hydrogens is 424 g/mol. The molecule has 2 rings (SSSR count). The summed E-state index contributed by atoms with van der Waals surface area (Å²) < 4.78 is 32.4. The highest BCUT2D eigenvalue weighted by Crippen LogP contribution is 2.31. The van der Waals surface area contributed by atoms with Crippen molar-refractivity contribution >= 4 is 21.6 Å². The maximum atomic E-state index is 13.0. The van der Waals surface area contributed by atoms with Gasteiger partial charge in [0.15, 0.2) is 0 Å². The molecule has 0 heterocycles. The van der Waals surface area contributed by atoms with Crippen LogP contribution in [0.25, 0.3) is 0 Å². The molecule has 0 spiro atoms. The number of nitrogens with one attached hydrogen (secondary N) is 1. The lowest BCUT2D eigenvalue weighted by atomic mass is 9.86. The minimum Gasteiger partial charge on any atom is -0.491 e. The molecule has 2 aromatic rings. The lowest BCUT2D eigenvalue weighted by Crippen LogP contribution is -2.50. The molecule has 0 saturated heterocycles. The van der Waals surface area contributed by atoms with Crippen LogP contribution in [-0.4, -0.2) is 39.8 Å². The molecular formula is C25H36N2O4S. The van der Waals surface area contributed by atoms with Crippen LogP contribution in [0.2, 0.25) is 0 Å². The van der Waals surface area contributed by atoms with Crippen molar-refractivity contribution in [3.8, 4) is 5.75 Å². The molecule has 0 saturated carbocycles. The van der Waals surface area contributed by atoms with E-state index in [0.717, 1.165) is 28.7 Å². The number of aryl methyl sites for hydroxylation is 2. The maximum absolute atomic E-state index is 13.0. The number of carbonyl (C=O) groups excluding carboxylic acids is 1. The van der Waals surface area contributed by atoms with Gasteiger partial charge >= 0.3 is 0 Å². The maximum Gasteiger partial charge on any atom is 0.244 e. The predicted octanol–water partition coefficient (Wildman–Crippen LogP) is 4.34. The minimum atomic E-state index is -3.66. The lowest BCUT2D eigenvalue weighted by Gasteiger charge is -2.30. The molecule has 1 atom stereocenters. The summed E-state index contributed by atoms with van der Waals surface area (Å²) >= 11 is 0. The number of ether oxygens (including phenoxy) is 1. The highest BCUT2D eigenvalue weighted by molar-refractivity contribution is 7.92. The number of rotatable bonds is 9. The van der Waals surface area contributed by atoms with Gasteiger partial charge < -0.3 is 10.1 Å². The second-order valence-electron chi connectivity index (χ2n) is 9.21. The zero-order chi connectivity index (χ0) is 24.1. The average molecular weight is 461 g/mol. The number of anilines is 1. The van der Waals surface area contributed by atoms with Gasteiger partial charge in [0.25, 0.3) is 0 Å². The summed E-state index contributed by atoms with van der Waals surface area (Å²) in [7, 11) is -3.66. The van der Waals surface area contributed by atoms with Gasteiger partial charge in [-0.15, -0.1) is 0 Å². The molecule has 1 unspecified atom stereocenters. The third kappa shape index (κ3) is 6.73. The van der Waals surface area contributed by atoms with Crippen molar-refractivity contribution in [3.63, 3.8) is 0 Å². The molecule has 0 fully saturated rings. The van der Waals surface area contributed by atoms with Gasteiger partial charge in [0, 0.05) is 0 Å². The van der Waals surface area contributed by atoms with Crippen LogP contribution < -0.4 is 14.4 Å². The smallest absolute Gasteiger partial charge is 0.244 e. The van der Waals surface area contributed by atoms with Gasteiger partial charge in [0.2, 0.25) is 15.9 Å². The molecule has 176 valence electrons. The number of nitrogens with zero attached hydrogens (tertiary/aromatic N) is 1. The summed E-state index contributed by atoms with van der Waals surface area (Å²) in [4.78, 5) is 13.0. The van der Waals surface area contributed by atoms with E-state index in [1.165, 1.54) is 4.31 Å². The Morgan fingerprint density at radius 2 is 1.69 bits per heavy atom. The van der Waals surface area contributed by atoms with Crippen molar-refractivity contribution in [2.75, 3.05) is 23.7 Å².